The maximum Gasteiger partial charge on any atom is 0.328 e. The number of carbonyl (C=O) groups excluding carboxylic acids is 1. The van der Waals surface area contributed by atoms with Crippen LogP contribution in [0.15, 0.2) is 16.6 Å². The number of benzene rings is 1. The van der Waals surface area contributed by atoms with E-state index in [0.717, 1.165) is 15.6 Å². The van der Waals surface area contributed by atoms with Crippen LogP contribution in [0.5, 0.6) is 0 Å². The number of aliphatic carboxylic acids is 1. The first-order chi connectivity index (χ1) is 9.22. The Labute approximate surface area is 125 Å². The molecule has 0 fully saturated rings. The van der Waals surface area contributed by atoms with Crippen LogP contribution in [-0.2, 0) is 4.79 Å². The number of halogens is 1. The summed E-state index contributed by atoms with van der Waals surface area (Å²) in [6, 6.07) is 1.48. The summed E-state index contributed by atoms with van der Waals surface area (Å²) in [5, 5.41) is 22.9. The minimum absolute atomic E-state index is 0.551. The van der Waals surface area contributed by atoms with Crippen molar-refractivity contribution >= 4 is 33.6 Å². The highest BCUT2D eigenvalue weighted by Crippen LogP contribution is 2.24. The number of urea groups is 1. The molecule has 2 atom stereocenters. The molecule has 0 spiro atoms. The Morgan fingerprint density at radius 1 is 1.25 bits per heavy atom. The number of rotatable bonds is 4. The predicted octanol–water partition coefficient (Wildman–Crippen LogP) is 2.02. The van der Waals surface area contributed by atoms with Crippen molar-refractivity contribution in [3.63, 3.8) is 0 Å². The molecule has 1 aromatic rings. The number of anilines is 1. The lowest BCUT2D eigenvalue weighted by Crippen LogP contribution is -2.49. The van der Waals surface area contributed by atoms with Gasteiger partial charge in [-0.15, -0.1) is 0 Å². The number of carboxylic acids is 1. The molecule has 0 heterocycles. The Morgan fingerprint density at radius 3 is 2.15 bits per heavy atom. The van der Waals surface area contributed by atoms with Crippen LogP contribution in [0, 0.1) is 13.8 Å². The van der Waals surface area contributed by atoms with Gasteiger partial charge < -0.3 is 20.8 Å². The Hall–Kier alpha value is -1.60. The number of hydrogen-bond acceptors (Lipinski definition) is 3. The molecule has 0 radical (unpaired) electrons. The number of aliphatic hydroxyl groups excluding tert-OH is 1. The molecule has 0 bridgehead atoms. The summed E-state index contributed by atoms with van der Waals surface area (Å²) in [5.74, 6) is -1.29. The number of carbonyl (C=O) groups is 2. The zero-order chi connectivity index (χ0) is 15.4. The fourth-order valence-electron chi connectivity index (χ4n) is 1.72. The van der Waals surface area contributed by atoms with E-state index in [9.17, 15) is 14.7 Å². The van der Waals surface area contributed by atoms with E-state index < -0.39 is 24.1 Å². The number of aliphatic hydroxyl groups is 1. The normalized spacial score (nSPS) is 13.4. The van der Waals surface area contributed by atoms with Gasteiger partial charge in [0, 0.05) is 10.2 Å². The fraction of sp³-hybridized carbons (Fsp3) is 0.385. The molecule has 6 nitrogen and oxygen atoms in total. The molecule has 110 valence electrons. The molecule has 1 rings (SSSR count). The largest absolute Gasteiger partial charge is 0.480 e. The Bertz CT molecular complexity index is 508. The van der Waals surface area contributed by atoms with Crippen LogP contribution >= 0.6 is 15.9 Å². The average Bonchev–Trinajstić information content (AvgIpc) is 2.32. The Morgan fingerprint density at radius 2 is 1.75 bits per heavy atom. The third-order valence-corrected chi connectivity index (χ3v) is 3.98. The zero-order valence-corrected chi connectivity index (χ0v) is 13.0. The number of nitrogens with one attached hydrogen (secondary N) is 2. The summed E-state index contributed by atoms with van der Waals surface area (Å²) < 4.78 is 0.954. The van der Waals surface area contributed by atoms with Crippen molar-refractivity contribution in [1.29, 1.82) is 0 Å². The van der Waals surface area contributed by atoms with E-state index in [1.807, 2.05) is 13.8 Å². The quantitative estimate of drug-likeness (QED) is 0.671. The molecule has 0 aliphatic carbocycles. The van der Waals surface area contributed by atoms with Crippen molar-refractivity contribution in [2.75, 3.05) is 5.32 Å². The van der Waals surface area contributed by atoms with Gasteiger partial charge >= 0.3 is 12.0 Å². The molecule has 0 aliphatic rings. The van der Waals surface area contributed by atoms with Crippen molar-refractivity contribution in [3.05, 3.63) is 27.7 Å². The van der Waals surface area contributed by atoms with E-state index in [1.165, 1.54) is 6.92 Å². The van der Waals surface area contributed by atoms with Gasteiger partial charge in [0.2, 0.25) is 0 Å². The summed E-state index contributed by atoms with van der Waals surface area (Å²) in [7, 11) is 0. The molecule has 2 unspecified atom stereocenters. The smallest absolute Gasteiger partial charge is 0.328 e. The molecular weight excluding hydrogens is 328 g/mol. The van der Waals surface area contributed by atoms with E-state index in [1.54, 1.807) is 12.1 Å². The second-order valence-corrected chi connectivity index (χ2v) is 5.37. The molecule has 1 aromatic carbocycles. The summed E-state index contributed by atoms with van der Waals surface area (Å²) in [6.45, 7) is 5.07. The summed E-state index contributed by atoms with van der Waals surface area (Å²) in [5.41, 5.74) is 2.45. The molecule has 0 aromatic heterocycles. The van der Waals surface area contributed by atoms with Crippen molar-refractivity contribution in [2.24, 2.45) is 0 Å². The highest BCUT2D eigenvalue weighted by Gasteiger charge is 2.24. The Balaban J connectivity index is 2.78. The van der Waals surface area contributed by atoms with Crippen molar-refractivity contribution in [1.82, 2.24) is 5.32 Å². The van der Waals surface area contributed by atoms with Gasteiger partial charge in [0.1, 0.15) is 0 Å². The predicted molar refractivity (Wildman–Crippen MR) is 78.9 cm³/mol. The lowest BCUT2D eigenvalue weighted by molar-refractivity contribution is -0.141. The first-order valence-electron chi connectivity index (χ1n) is 5.97. The van der Waals surface area contributed by atoms with Crippen LogP contribution < -0.4 is 10.6 Å². The fourth-order valence-corrected chi connectivity index (χ4v) is 1.94. The van der Waals surface area contributed by atoms with Gasteiger partial charge in [-0.05, 0) is 44.0 Å². The van der Waals surface area contributed by atoms with E-state index in [4.69, 9.17) is 5.11 Å². The topological polar surface area (TPSA) is 98.7 Å². The van der Waals surface area contributed by atoms with Crippen LogP contribution in [0.2, 0.25) is 0 Å². The second kappa shape index (κ2) is 6.71. The number of hydrogen-bond donors (Lipinski definition) is 4. The van der Waals surface area contributed by atoms with Gasteiger partial charge in [-0.2, -0.15) is 0 Å². The lowest BCUT2D eigenvalue weighted by atomic mass is 10.1. The van der Waals surface area contributed by atoms with Gasteiger partial charge in [-0.1, -0.05) is 15.9 Å². The van der Waals surface area contributed by atoms with Crippen LogP contribution in [0.3, 0.4) is 0 Å². The van der Waals surface area contributed by atoms with E-state index >= 15 is 0 Å². The van der Waals surface area contributed by atoms with Crippen LogP contribution in [-0.4, -0.2) is 34.4 Å². The number of aryl methyl sites for hydroxylation is 2. The van der Waals surface area contributed by atoms with Gasteiger partial charge in [0.25, 0.3) is 0 Å². The molecule has 0 saturated heterocycles. The zero-order valence-electron chi connectivity index (χ0n) is 11.4. The standard InChI is InChI=1S/C13H17BrN2O4/c1-6-4-9(5-7(2)10(6)14)15-13(20)16-11(8(3)17)12(18)19/h4-5,8,11,17H,1-3H3,(H,18,19)(H2,15,16,20). The Kier molecular flexibility index (Phi) is 5.52. The highest BCUT2D eigenvalue weighted by molar-refractivity contribution is 9.10. The third-order valence-electron chi connectivity index (χ3n) is 2.73. The van der Waals surface area contributed by atoms with Crippen molar-refractivity contribution in [2.45, 2.75) is 32.9 Å². The van der Waals surface area contributed by atoms with Gasteiger partial charge in [-0.3, -0.25) is 0 Å². The lowest BCUT2D eigenvalue weighted by Gasteiger charge is -2.18. The van der Waals surface area contributed by atoms with Gasteiger partial charge in [0.05, 0.1) is 6.10 Å². The maximum atomic E-state index is 11.7. The molecule has 7 heteroatoms. The maximum absolute atomic E-state index is 11.7. The molecule has 4 N–H and O–H groups in total. The third kappa shape index (κ3) is 4.21. The van der Waals surface area contributed by atoms with E-state index in [0.29, 0.717) is 5.69 Å². The van der Waals surface area contributed by atoms with Crippen molar-refractivity contribution < 1.29 is 19.8 Å². The minimum atomic E-state index is -1.35. The first-order valence-corrected chi connectivity index (χ1v) is 6.76. The SMILES string of the molecule is Cc1cc(NC(=O)NC(C(=O)O)C(C)O)cc(C)c1Br. The van der Waals surface area contributed by atoms with E-state index in [-0.39, 0.29) is 0 Å². The van der Waals surface area contributed by atoms with Gasteiger partial charge in [-0.25, -0.2) is 9.59 Å². The minimum Gasteiger partial charge on any atom is -0.480 e. The first kappa shape index (κ1) is 16.5. The second-order valence-electron chi connectivity index (χ2n) is 4.58. The highest BCUT2D eigenvalue weighted by atomic mass is 79.9. The summed E-state index contributed by atoms with van der Waals surface area (Å²) >= 11 is 3.42. The van der Waals surface area contributed by atoms with Gasteiger partial charge in [0.15, 0.2) is 6.04 Å². The van der Waals surface area contributed by atoms with Crippen LogP contribution in [0.4, 0.5) is 10.5 Å². The van der Waals surface area contributed by atoms with Crippen LogP contribution in [0.1, 0.15) is 18.1 Å². The number of amides is 2. The molecular formula is C13H17BrN2O4. The average molecular weight is 345 g/mol. The summed E-state index contributed by atoms with van der Waals surface area (Å²) in [4.78, 5) is 22.6. The molecule has 0 saturated carbocycles. The van der Waals surface area contributed by atoms with Crippen LogP contribution in [0.25, 0.3) is 0 Å². The van der Waals surface area contributed by atoms with Crippen molar-refractivity contribution in [3.8, 4) is 0 Å². The molecule has 20 heavy (non-hydrogen) atoms. The molecule has 0 aliphatic heterocycles. The monoisotopic (exact) mass is 344 g/mol. The number of carboxylic acid groups (broad SMARTS) is 1. The van der Waals surface area contributed by atoms with E-state index in [2.05, 4.69) is 26.6 Å². The summed E-state index contributed by atoms with van der Waals surface area (Å²) in [6.07, 6.45) is -1.19. The molecule has 2 amide bonds.